The van der Waals surface area contributed by atoms with Gasteiger partial charge in [0.1, 0.15) is 5.75 Å². The molecule has 0 saturated heterocycles. The van der Waals surface area contributed by atoms with Crippen LogP contribution < -0.4 is 10.5 Å². The summed E-state index contributed by atoms with van der Waals surface area (Å²) in [7, 11) is 1.69. The molecule has 0 aliphatic heterocycles. The average molecular weight is 276 g/mol. The zero-order valence-corrected chi connectivity index (χ0v) is 12.5. The van der Waals surface area contributed by atoms with E-state index in [4.69, 9.17) is 10.5 Å². The summed E-state index contributed by atoms with van der Waals surface area (Å²) in [6, 6.07) is 8.15. The molecule has 0 spiro atoms. The molecule has 1 aromatic heterocycles. The number of hydrogen-bond acceptors (Lipinski definition) is 4. The maximum atomic E-state index is 5.92. The standard InChI is InChI=1S/C15H20N2OS/c1-10-11(2)19-15(17-10)13(9-16)7-12-5-4-6-14(8-12)18-3/h4-6,8,13H,7,9,16H2,1-3H3. The van der Waals surface area contributed by atoms with E-state index in [0.717, 1.165) is 22.9 Å². The van der Waals surface area contributed by atoms with Crippen molar-refractivity contribution in [3.05, 3.63) is 45.4 Å². The van der Waals surface area contributed by atoms with E-state index in [1.54, 1.807) is 18.4 Å². The van der Waals surface area contributed by atoms with Crippen LogP contribution in [0, 0.1) is 13.8 Å². The van der Waals surface area contributed by atoms with Crippen LogP contribution in [0.25, 0.3) is 0 Å². The fraction of sp³-hybridized carbons (Fsp3) is 0.400. The number of nitrogens with zero attached hydrogens (tertiary/aromatic N) is 1. The number of ether oxygens (including phenoxy) is 1. The third-order valence-corrected chi connectivity index (χ3v) is 4.53. The van der Waals surface area contributed by atoms with Crippen molar-refractivity contribution in [2.24, 2.45) is 5.73 Å². The minimum absolute atomic E-state index is 0.282. The van der Waals surface area contributed by atoms with Crippen LogP contribution in [-0.2, 0) is 6.42 Å². The van der Waals surface area contributed by atoms with Crippen molar-refractivity contribution in [1.29, 1.82) is 0 Å². The average Bonchev–Trinajstić information content (AvgIpc) is 2.76. The molecule has 4 heteroatoms. The number of hydrogen-bond donors (Lipinski definition) is 1. The number of methoxy groups -OCH3 is 1. The molecule has 0 aliphatic carbocycles. The molecule has 0 bridgehead atoms. The van der Waals surface area contributed by atoms with Gasteiger partial charge in [0.25, 0.3) is 0 Å². The summed E-state index contributed by atoms with van der Waals surface area (Å²) in [6.45, 7) is 4.77. The molecule has 19 heavy (non-hydrogen) atoms. The van der Waals surface area contributed by atoms with E-state index < -0.39 is 0 Å². The Morgan fingerprint density at radius 3 is 2.74 bits per heavy atom. The first-order valence-electron chi connectivity index (χ1n) is 6.41. The third-order valence-electron chi connectivity index (χ3n) is 3.30. The monoisotopic (exact) mass is 276 g/mol. The van der Waals surface area contributed by atoms with Gasteiger partial charge in [-0.05, 0) is 38.0 Å². The van der Waals surface area contributed by atoms with Crippen molar-refractivity contribution < 1.29 is 4.74 Å². The van der Waals surface area contributed by atoms with Gasteiger partial charge in [-0.2, -0.15) is 0 Å². The van der Waals surface area contributed by atoms with Gasteiger partial charge in [-0.1, -0.05) is 12.1 Å². The molecule has 102 valence electrons. The van der Waals surface area contributed by atoms with Gasteiger partial charge < -0.3 is 10.5 Å². The summed E-state index contributed by atoms with van der Waals surface area (Å²) in [5.41, 5.74) is 8.27. The summed E-state index contributed by atoms with van der Waals surface area (Å²) >= 11 is 1.75. The molecule has 3 nitrogen and oxygen atoms in total. The lowest BCUT2D eigenvalue weighted by Crippen LogP contribution is -2.15. The molecule has 0 radical (unpaired) electrons. The lowest BCUT2D eigenvalue weighted by Gasteiger charge is -2.12. The van der Waals surface area contributed by atoms with E-state index in [9.17, 15) is 0 Å². The maximum Gasteiger partial charge on any atom is 0.119 e. The van der Waals surface area contributed by atoms with Crippen molar-refractivity contribution in [3.63, 3.8) is 0 Å². The fourth-order valence-electron chi connectivity index (χ4n) is 2.03. The normalized spacial score (nSPS) is 12.4. The minimum atomic E-state index is 0.282. The molecule has 0 fully saturated rings. The van der Waals surface area contributed by atoms with Gasteiger partial charge in [0.05, 0.1) is 17.8 Å². The summed E-state index contributed by atoms with van der Waals surface area (Å²) < 4.78 is 5.25. The summed E-state index contributed by atoms with van der Waals surface area (Å²) in [5.74, 6) is 1.17. The summed E-state index contributed by atoms with van der Waals surface area (Å²) in [6.07, 6.45) is 0.903. The van der Waals surface area contributed by atoms with Crippen LogP contribution in [0.5, 0.6) is 5.75 Å². The van der Waals surface area contributed by atoms with Crippen molar-refractivity contribution in [3.8, 4) is 5.75 Å². The van der Waals surface area contributed by atoms with E-state index in [1.165, 1.54) is 10.4 Å². The lowest BCUT2D eigenvalue weighted by molar-refractivity contribution is 0.414. The van der Waals surface area contributed by atoms with E-state index in [2.05, 4.69) is 31.0 Å². The molecule has 0 amide bonds. The smallest absolute Gasteiger partial charge is 0.119 e. The van der Waals surface area contributed by atoms with Gasteiger partial charge in [0.2, 0.25) is 0 Å². The van der Waals surface area contributed by atoms with Crippen LogP contribution >= 0.6 is 11.3 Å². The van der Waals surface area contributed by atoms with Crippen LogP contribution in [0.2, 0.25) is 0 Å². The highest BCUT2D eigenvalue weighted by Gasteiger charge is 2.16. The second-order valence-electron chi connectivity index (χ2n) is 4.68. The van der Waals surface area contributed by atoms with Crippen LogP contribution in [-0.4, -0.2) is 18.6 Å². The number of rotatable bonds is 5. The Kier molecular flexibility index (Phi) is 4.56. The molecule has 0 aliphatic rings. The molecule has 1 aromatic carbocycles. The molecule has 1 unspecified atom stereocenters. The van der Waals surface area contributed by atoms with Crippen LogP contribution in [0.4, 0.5) is 0 Å². The number of benzene rings is 1. The van der Waals surface area contributed by atoms with E-state index in [1.807, 2.05) is 12.1 Å². The van der Waals surface area contributed by atoms with Gasteiger partial charge in [0.15, 0.2) is 0 Å². The van der Waals surface area contributed by atoms with Gasteiger partial charge in [-0.3, -0.25) is 0 Å². The molecule has 1 heterocycles. The van der Waals surface area contributed by atoms with Gasteiger partial charge in [-0.25, -0.2) is 4.98 Å². The Hall–Kier alpha value is -1.39. The van der Waals surface area contributed by atoms with Crippen molar-refractivity contribution in [2.45, 2.75) is 26.2 Å². The summed E-state index contributed by atoms with van der Waals surface area (Å²) in [4.78, 5) is 5.90. The SMILES string of the molecule is COc1cccc(CC(CN)c2nc(C)c(C)s2)c1. The predicted molar refractivity (Wildman–Crippen MR) is 80.1 cm³/mol. The van der Waals surface area contributed by atoms with Crippen LogP contribution in [0.15, 0.2) is 24.3 Å². The lowest BCUT2D eigenvalue weighted by atomic mass is 10.00. The zero-order valence-electron chi connectivity index (χ0n) is 11.6. The van der Waals surface area contributed by atoms with Crippen molar-refractivity contribution in [2.75, 3.05) is 13.7 Å². The Labute approximate surface area is 118 Å². The van der Waals surface area contributed by atoms with Gasteiger partial charge in [-0.15, -0.1) is 11.3 Å². The first-order valence-corrected chi connectivity index (χ1v) is 7.22. The molecular weight excluding hydrogens is 256 g/mol. The van der Waals surface area contributed by atoms with E-state index in [-0.39, 0.29) is 5.92 Å². The summed E-state index contributed by atoms with van der Waals surface area (Å²) in [5, 5.41) is 1.14. The fourth-order valence-corrected chi connectivity index (χ4v) is 3.06. The number of aryl methyl sites for hydroxylation is 2. The highest BCUT2D eigenvalue weighted by atomic mass is 32.1. The number of aromatic nitrogens is 1. The third kappa shape index (κ3) is 3.33. The quantitative estimate of drug-likeness (QED) is 0.913. The minimum Gasteiger partial charge on any atom is -0.497 e. The van der Waals surface area contributed by atoms with E-state index in [0.29, 0.717) is 6.54 Å². The number of nitrogens with two attached hydrogens (primary N) is 1. The topological polar surface area (TPSA) is 48.1 Å². The van der Waals surface area contributed by atoms with Crippen LogP contribution in [0.3, 0.4) is 0 Å². The van der Waals surface area contributed by atoms with Gasteiger partial charge >= 0.3 is 0 Å². The number of thiazole rings is 1. The highest BCUT2D eigenvalue weighted by Crippen LogP contribution is 2.27. The Morgan fingerprint density at radius 2 is 2.16 bits per heavy atom. The van der Waals surface area contributed by atoms with Gasteiger partial charge in [0, 0.05) is 17.3 Å². The zero-order chi connectivity index (χ0) is 13.8. The Balaban J connectivity index is 2.18. The predicted octanol–water partition coefficient (Wildman–Crippen LogP) is 3.05. The van der Waals surface area contributed by atoms with Crippen molar-refractivity contribution >= 4 is 11.3 Å². The molecule has 2 aromatic rings. The van der Waals surface area contributed by atoms with E-state index >= 15 is 0 Å². The Morgan fingerprint density at radius 1 is 1.37 bits per heavy atom. The molecular formula is C15H20N2OS. The largest absolute Gasteiger partial charge is 0.497 e. The molecule has 2 N–H and O–H groups in total. The first-order chi connectivity index (χ1) is 9.13. The van der Waals surface area contributed by atoms with Crippen LogP contribution in [0.1, 0.15) is 27.1 Å². The second kappa shape index (κ2) is 6.17. The van der Waals surface area contributed by atoms with Crippen molar-refractivity contribution in [1.82, 2.24) is 4.98 Å². The Bertz CT molecular complexity index is 531. The first kappa shape index (κ1) is 14.0. The molecule has 0 saturated carbocycles. The second-order valence-corrected chi connectivity index (χ2v) is 5.92. The maximum absolute atomic E-state index is 5.92. The molecule has 2 rings (SSSR count). The highest BCUT2D eigenvalue weighted by molar-refractivity contribution is 7.11. The molecule has 1 atom stereocenters.